The third-order valence-corrected chi connectivity index (χ3v) is 2.42. The maximum Gasteiger partial charge on any atom is 0.327 e. The minimum atomic E-state index is -1.10. The van der Waals surface area contributed by atoms with Crippen LogP contribution in [-0.4, -0.2) is 38.7 Å². The largest absolute Gasteiger partial charge is 0.478 e. The molecule has 0 spiro atoms. The summed E-state index contributed by atoms with van der Waals surface area (Å²) in [6.45, 7) is 8.13. The lowest BCUT2D eigenvalue weighted by Gasteiger charge is -2.02. The number of rotatable bonds is 10. The van der Waals surface area contributed by atoms with E-state index in [0.29, 0.717) is 6.42 Å². The molecule has 0 rings (SSSR count). The molecule has 0 radical (unpaired) electrons. The van der Waals surface area contributed by atoms with Crippen molar-refractivity contribution in [1.29, 1.82) is 0 Å². The lowest BCUT2D eigenvalue weighted by molar-refractivity contribution is -0.132. The van der Waals surface area contributed by atoms with Crippen molar-refractivity contribution in [3.05, 3.63) is 25.3 Å². The van der Waals surface area contributed by atoms with Crippen molar-refractivity contribution < 1.29 is 30.0 Å². The Bertz CT molecular complexity index is 268. The molecule has 22 heavy (non-hydrogen) atoms. The number of carbonyl (C=O) groups is 2. The van der Waals surface area contributed by atoms with Crippen LogP contribution in [0, 0.1) is 0 Å². The van der Waals surface area contributed by atoms with Crippen molar-refractivity contribution in [2.24, 2.45) is 0 Å². The van der Waals surface area contributed by atoms with Crippen molar-refractivity contribution in [1.82, 2.24) is 0 Å². The van der Waals surface area contributed by atoms with Crippen LogP contribution in [0.15, 0.2) is 25.3 Å². The average Bonchev–Trinajstić information content (AvgIpc) is 2.47. The number of hydrogen-bond acceptors (Lipinski definition) is 4. The zero-order valence-electron chi connectivity index (χ0n) is 13.4. The second-order valence-corrected chi connectivity index (χ2v) is 4.48. The lowest BCUT2D eigenvalue weighted by Crippen LogP contribution is -2.02. The fourth-order valence-electron chi connectivity index (χ4n) is 1.28. The number of aliphatic carboxylic acids is 2. The van der Waals surface area contributed by atoms with E-state index in [-0.39, 0.29) is 0 Å². The van der Waals surface area contributed by atoms with Gasteiger partial charge in [0.2, 0.25) is 0 Å². The topological polar surface area (TPSA) is 115 Å². The molecule has 0 heterocycles. The minimum Gasteiger partial charge on any atom is -0.478 e. The maximum absolute atomic E-state index is 9.25. The summed E-state index contributed by atoms with van der Waals surface area (Å²) < 4.78 is 0. The number of carboxylic acid groups (broad SMARTS) is 2. The van der Waals surface area contributed by atoms with Gasteiger partial charge in [-0.05, 0) is 12.8 Å². The van der Waals surface area contributed by atoms with Gasteiger partial charge in [0.25, 0.3) is 0 Å². The number of aliphatic hydroxyl groups is 2. The minimum absolute atomic E-state index is 0.535. The highest BCUT2D eigenvalue weighted by Crippen LogP contribution is 2.08. The van der Waals surface area contributed by atoms with E-state index in [1.165, 1.54) is 32.1 Å². The summed E-state index contributed by atoms with van der Waals surface area (Å²) in [4.78, 5) is 18.5. The van der Waals surface area contributed by atoms with E-state index in [0.717, 1.165) is 25.0 Å². The summed E-state index contributed by atoms with van der Waals surface area (Å²) in [7, 11) is 0. The number of unbranched alkanes of at least 4 members (excludes halogenated alkanes) is 6. The van der Waals surface area contributed by atoms with Crippen molar-refractivity contribution in [3.8, 4) is 0 Å². The van der Waals surface area contributed by atoms with Gasteiger partial charge >= 0.3 is 11.9 Å². The van der Waals surface area contributed by atoms with Gasteiger partial charge in [-0.15, -0.1) is 0 Å². The summed E-state index contributed by atoms with van der Waals surface area (Å²) in [5, 5.41) is 32.3. The molecule has 0 unspecified atom stereocenters. The van der Waals surface area contributed by atoms with E-state index < -0.39 is 18.2 Å². The van der Waals surface area contributed by atoms with Crippen molar-refractivity contribution in [2.45, 2.75) is 64.6 Å². The molecule has 4 N–H and O–H groups in total. The average molecular weight is 318 g/mol. The molecule has 0 atom stereocenters. The Labute approximate surface area is 132 Å². The van der Waals surface area contributed by atoms with Gasteiger partial charge in [0.1, 0.15) is 0 Å². The first-order chi connectivity index (χ1) is 10.3. The molecular formula is C16H30O6. The maximum atomic E-state index is 9.25. The molecule has 6 nitrogen and oxygen atoms in total. The summed E-state index contributed by atoms with van der Waals surface area (Å²) in [5.41, 5.74) is 0. The lowest BCUT2D eigenvalue weighted by atomic mass is 10.1. The zero-order chi connectivity index (χ0) is 17.8. The molecule has 0 aromatic carbocycles. The van der Waals surface area contributed by atoms with Crippen LogP contribution in [0.3, 0.4) is 0 Å². The SMILES string of the molecule is C=CC(=O)O.C=CC(=O)O.CCCCCCCCCC(O)O. The molecule has 0 aliphatic rings. The van der Waals surface area contributed by atoms with E-state index in [1.54, 1.807) is 0 Å². The highest BCUT2D eigenvalue weighted by atomic mass is 16.5. The highest BCUT2D eigenvalue weighted by molar-refractivity contribution is 5.79. The quantitative estimate of drug-likeness (QED) is 0.280. The molecule has 0 amide bonds. The zero-order valence-corrected chi connectivity index (χ0v) is 13.4. The molecule has 0 aliphatic heterocycles. The van der Waals surface area contributed by atoms with E-state index in [2.05, 4.69) is 20.1 Å². The van der Waals surface area contributed by atoms with E-state index in [1.807, 2.05) is 0 Å². The second-order valence-electron chi connectivity index (χ2n) is 4.48. The van der Waals surface area contributed by atoms with Crippen molar-refractivity contribution in [3.63, 3.8) is 0 Å². The van der Waals surface area contributed by atoms with Gasteiger partial charge < -0.3 is 20.4 Å². The normalized spacial score (nSPS) is 8.91. The first kappa shape index (κ1) is 25.3. The van der Waals surface area contributed by atoms with Crippen LogP contribution in [0.1, 0.15) is 58.3 Å². The smallest absolute Gasteiger partial charge is 0.327 e. The Balaban J connectivity index is -0.000000298. The van der Waals surface area contributed by atoms with Gasteiger partial charge in [-0.3, -0.25) is 0 Å². The van der Waals surface area contributed by atoms with Gasteiger partial charge in [0.15, 0.2) is 6.29 Å². The Morgan fingerprint density at radius 2 is 1.18 bits per heavy atom. The van der Waals surface area contributed by atoms with Crippen molar-refractivity contribution >= 4 is 11.9 Å². The molecule has 6 heteroatoms. The van der Waals surface area contributed by atoms with Gasteiger partial charge in [0.05, 0.1) is 0 Å². The summed E-state index contributed by atoms with van der Waals surface area (Å²) >= 11 is 0. The number of aliphatic hydroxyl groups excluding tert-OH is 1. The van der Waals surface area contributed by atoms with Crippen LogP contribution in [0.5, 0.6) is 0 Å². The standard InChI is InChI=1S/C10H22O2.2C3H4O2/c1-2-3-4-5-6-7-8-9-10(11)12;2*1-2-3(4)5/h10-12H,2-9H2,1H3;2*2H,1H2,(H,4,5). The van der Waals surface area contributed by atoms with E-state index in [9.17, 15) is 9.59 Å². The predicted octanol–water partition coefficient (Wildman–Crippen LogP) is 2.95. The van der Waals surface area contributed by atoms with Gasteiger partial charge in [-0.25, -0.2) is 9.59 Å². The van der Waals surface area contributed by atoms with Crippen LogP contribution >= 0.6 is 0 Å². The molecule has 0 bridgehead atoms. The molecule has 0 fully saturated rings. The van der Waals surface area contributed by atoms with Crippen molar-refractivity contribution in [2.75, 3.05) is 0 Å². The third-order valence-electron chi connectivity index (χ3n) is 2.42. The van der Waals surface area contributed by atoms with Crippen LogP contribution in [0.4, 0.5) is 0 Å². The molecule has 0 saturated heterocycles. The predicted molar refractivity (Wildman–Crippen MR) is 86.5 cm³/mol. The Kier molecular flexibility index (Phi) is 24.9. The van der Waals surface area contributed by atoms with Gasteiger partial charge in [-0.2, -0.15) is 0 Å². The Hall–Kier alpha value is -1.66. The van der Waals surface area contributed by atoms with E-state index >= 15 is 0 Å². The van der Waals surface area contributed by atoms with Gasteiger partial charge in [-0.1, -0.05) is 58.6 Å². The highest BCUT2D eigenvalue weighted by Gasteiger charge is 1.96. The third kappa shape index (κ3) is 42.9. The first-order valence-electron chi connectivity index (χ1n) is 7.38. The summed E-state index contributed by atoms with van der Waals surface area (Å²) in [6, 6.07) is 0. The first-order valence-corrected chi connectivity index (χ1v) is 7.38. The van der Waals surface area contributed by atoms with Crippen LogP contribution in [-0.2, 0) is 9.59 Å². The van der Waals surface area contributed by atoms with E-state index in [4.69, 9.17) is 20.4 Å². The molecule has 130 valence electrons. The number of hydrogen-bond donors (Lipinski definition) is 4. The summed E-state index contributed by atoms with van der Waals surface area (Å²) in [6.07, 6.45) is 9.69. The summed E-state index contributed by atoms with van der Waals surface area (Å²) in [5.74, 6) is -1.96. The molecular weight excluding hydrogens is 288 g/mol. The second kappa shape index (κ2) is 21.6. The molecule has 0 aliphatic carbocycles. The Morgan fingerprint density at radius 3 is 1.45 bits per heavy atom. The van der Waals surface area contributed by atoms with Crippen LogP contribution in [0.25, 0.3) is 0 Å². The van der Waals surface area contributed by atoms with Crippen LogP contribution in [0.2, 0.25) is 0 Å². The molecule has 0 saturated carbocycles. The fourth-order valence-corrected chi connectivity index (χ4v) is 1.28. The van der Waals surface area contributed by atoms with Gasteiger partial charge in [0, 0.05) is 12.2 Å². The Morgan fingerprint density at radius 1 is 0.864 bits per heavy atom. The molecule has 0 aromatic heterocycles. The monoisotopic (exact) mass is 318 g/mol. The number of carboxylic acids is 2. The molecule has 0 aromatic rings. The fraction of sp³-hybridized carbons (Fsp3) is 0.625. The van der Waals surface area contributed by atoms with Crippen LogP contribution < -0.4 is 0 Å².